The molecule has 8 heteroatoms. The smallest absolute Gasteiger partial charge is 0.340 e. The van der Waals surface area contributed by atoms with Gasteiger partial charge in [-0.25, -0.2) is 9.59 Å². The number of hydrogen-bond donors (Lipinski definition) is 3. The number of aryl methyl sites for hydroxylation is 3. The molecule has 3 aromatic carbocycles. The normalized spacial score (nSPS) is 12.3. The van der Waals surface area contributed by atoms with Crippen molar-refractivity contribution < 1.29 is 23.5 Å². The maximum atomic E-state index is 13.1. The average Bonchev–Trinajstić information content (AvgIpc) is 3.52. The number of nitrogens with one attached hydrogen (secondary N) is 2. The summed E-state index contributed by atoms with van der Waals surface area (Å²) in [5.41, 5.74) is 5.53. The maximum absolute atomic E-state index is 13.1. The first-order chi connectivity index (χ1) is 19.7. The lowest BCUT2D eigenvalue weighted by atomic mass is 9.96. The molecular weight excluding hydrogens is 520 g/mol. The fourth-order valence-electron chi connectivity index (χ4n) is 5.67. The zero-order valence-electron chi connectivity index (χ0n) is 22.8. The number of H-pyrrole nitrogens is 1. The van der Waals surface area contributed by atoms with E-state index in [2.05, 4.69) is 10.3 Å². The van der Waals surface area contributed by atoms with Gasteiger partial charge in [0.15, 0.2) is 0 Å². The summed E-state index contributed by atoms with van der Waals surface area (Å²) >= 11 is 0. The third kappa shape index (κ3) is 4.57. The minimum absolute atomic E-state index is 0.0929. The molecule has 6 rings (SSSR count). The van der Waals surface area contributed by atoms with Crippen molar-refractivity contribution in [3.05, 3.63) is 105 Å². The summed E-state index contributed by atoms with van der Waals surface area (Å²) in [4.78, 5) is 41.4. The Morgan fingerprint density at radius 1 is 0.902 bits per heavy atom. The van der Waals surface area contributed by atoms with Crippen molar-refractivity contribution in [2.45, 2.75) is 39.7 Å². The zero-order valence-corrected chi connectivity index (χ0v) is 22.8. The Hall–Kier alpha value is -5.11. The van der Waals surface area contributed by atoms with Gasteiger partial charge in [-0.1, -0.05) is 48.5 Å². The molecule has 6 aromatic rings. The van der Waals surface area contributed by atoms with Gasteiger partial charge in [0.1, 0.15) is 23.0 Å². The number of rotatable bonds is 7. The number of aromatic amines is 1. The fourth-order valence-corrected chi connectivity index (χ4v) is 5.67. The van der Waals surface area contributed by atoms with Crippen molar-refractivity contribution in [3.63, 3.8) is 0 Å². The van der Waals surface area contributed by atoms with Crippen molar-refractivity contribution in [1.82, 2.24) is 10.3 Å². The topological polar surface area (TPSA) is 126 Å². The maximum Gasteiger partial charge on any atom is 0.340 e. The van der Waals surface area contributed by atoms with Crippen LogP contribution in [0.3, 0.4) is 0 Å². The van der Waals surface area contributed by atoms with E-state index in [-0.39, 0.29) is 18.4 Å². The van der Waals surface area contributed by atoms with E-state index in [1.807, 2.05) is 74.5 Å². The lowest BCUT2D eigenvalue weighted by Gasteiger charge is -2.15. The molecule has 1 amide bonds. The van der Waals surface area contributed by atoms with Crippen molar-refractivity contribution in [3.8, 4) is 11.1 Å². The van der Waals surface area contributed by atoms with Crippen LogP contribution in [0.1, 0.15) is 28.0 Å². The Kier molecular flexibility index (Phi) is 6.46. The van der Waals surface area contributed by atoms with Crippen LogP contribution in [0.5, 0.6) is 0 Å². The quantitative estimate of drug-likeness (QED) is 0.211. The Bertz CT molecular complexity index is 2030. The van der Waals surface area contributed by atoms with Crippen LogP contribution in [0.25, 0.3) is 44.0 Å². The second-order valence-corrected chi connectivity index (χ2v) is 10.3. The molecule has 3 aromatic heterocycles. The first kappa shape index (κ1) is 26.1. The number of aliphatic carboxylic acids is 1. The molecular formula is C33H28N2O6. The van der Waals surface area contributed by atoms with E-state index in [4.69, 9.17) is 8.83 Å². The summed E-state index contributed by atoms with van der Waals surface area (Å²) in [7, 11) is 0. The molecule has 1 atom stereocenters. The second-order valence-electron chi connectivity index (χ2n) is 10.3. The Balaban J connectivity index is 1.34. The van der Waals surface area contributed by atoms with Crippen LogP contribution in [0.15, 0.2) is 80.5 Å². The highest BCUT2D eigenvalue weighted by Gasteiger charge is 2.25. The van der Waals surface area contributed by atoms with Crippen LogP contribution in [-0.2, 0) is 22.4 Å². The van der Waals surface area contributed by atoms with E-state index < -0.39 is 23.5 Å². The van der Waals surface area contributed by atoms with Gasteiger partial charge in [-0.15, -0.1) is 0 Å². The van der Waals surface area contributed by atoms with E-state index in [1.165, 1.54) is 0 Å². The van der Waals surface area contributed by atoms with Gasteiger partial charge in [0.25, 0.3) is 0 Å². The lowest BCUT2D eigenvalue weighted by Crippen LogP contribution is -2.43. The number of amides is 1. The van der Waals surface area contributed by atoms with Crippen LogP contribution in [-0.4, -0.2) is 28.0 Å². The van der Waals surface area contributed by atoms with Crippen molar-refractivity contribution in [2.24, 2.45) is 0 Å². The number of aromatic nitrogens is 1. The van der Waals surface area contributed by atoms with E-state index in [0.29, 0.717) is 27.7 Å². The number of furan rings is 1. The van der Waals surface area contributed by atoms with Crippen LogP contribution in [0.2, 0.25) is 0 Å². The molecule has 41 heavy (non-hydrogen) atoms. The van der Waals surface area contributed by atoms with Gasteiger partial charge in [0.05, 0.1) is 12.0 Å². The first-order valence-corrected chi connectivity index (χ1v) is 13.3. The molecule has 0 radical (unpaired) electrons. The molecule has 1 unspecified atom stereocenters. The Morgan fingerprint density at radius 3 is 2.37 bits per heavy atom. The summed E-state index contributed by atoms with van der Waals surface area (Å²) in [6, 6.07) is 18.2. The number of carbonyl (C=O) groups excluding carboxylic acids is 1. The van der Waals surface area contributed by atoms with Gasteiger partial charge >= 0.3 is 11.6 Å². The molecule has 0 saturated carbocycles. The van der Waals surface area contributed by atoms with Crippen LogP contribution >= 0.6 is 0 Å². The molecule has 3 heterocycles. The van der Waals surface area contributed by atoms with Crippen molar-refractivity contribution >= 4 is 44.7 Å². The van der Waals surface area contributed by atoms with Gasteiger partial charge in [0, 0.05) is 45.4 Å². The number of hydrogen-bond acceptors (Lipinski definition) is 5. The van der Waals surface area contributed by atoms with Crippen LogP contribution in [0, 0.1) is 20.8 Å². The SMILES string of the molecule is Cc1oc2c(C)c3oc(=O)c(CC(=O)NC(Cc4c[nH]c5ccccc45)C(=O)O)c(C)c3cc2c1-c1ccccc1. The third-order valence-electron chi connectivity index (χ3n) is 7.77. The number of benzene rings is 3. The minimum atomic E-state index is -1.17. The number of carboxylic acid groups (broad SMARTS) is 1. The molecule has 3 N–H and O–H groups in total. The largest absolute Gasteiger partial charge is 0.480 e. The third-order valence-corrected chi connectivity index (χ3v) is 7.77. The molecule has 0 aliphatic carbocycles. The minimum Gasteiger partial charge on any atom is -0.480 e. The Labute approximate surface area is 234 Å². The number of para-hydroxylation sites is 1. The molecule has 0 aliphatic rings. The highest BCUT2D eigenvalue weighted by atomic mass is 16.4. The predicted octanol–water partition coefficient (Wildman–Crippen LogP) is 5.97. The van der Waals surface area contributed by atoms with Crippen molar-refractivity contribution in [2.75, 3.05) is 0 Å². The summed E-state index contributed by atoms with van der Waals surface area (Å²) in [6.45, 7) is 5.53. The van der Waals surface area contributed by atoms with Gasteiger partial charge in [-0.2, -0.15) is 0 Å². The molecule has 8 nitrogen and oxygen atoms in total. The molecule has 0 spiro atoms. The summed E-state index contributed by atoms with van der Waals surface area (Å²) in [6.07, 6.45) is 1.53. The number of carbonyl (C=O) groups is 2. The second kappa shape index (κ2) is 10.1. The van der Waals surface area contributed by atoms with E-state index in [1.54, 1.807) is 13.1 Å². The molecule has 0 bridgehead atoms. The van der Waals surface area contributed by atoms with Crippen LogP contribution < -0.4 is 10.9 Å². The molecule has 0 fully saturated rings. The Morgan fingerprint density at radius 2 is 1.61 bits per heavy atom. The van der Waals surface area contributed by atoms with Gasteiger partial charge < -0.3 is 24.2 Å². The van der Waals surface area contributed by atoms with E-state index in [0.717, 1.165) is 38.7 Å². The van der Waals surface area contributed by atoms with Gasteiger partial charge in [-0.05, 0) is 49.6 Å². The van der Waals surface area contributed by atoms with E-state index >= 15 is 0 Å². The summed E-state index contributed by atoms with van der Waals surface area (Å²) in [5, 5.41) is 14.9. The highest BCUT2D eigenvalue weighted by molar-refractivity contribution is 6.06. The van der Waals surface area contributed by atoms with Crippen LogP contribution in [0.4, 0.5) is 0 Å². The standard InChI is InChI=1S/C33H28N2O6/c1-17-23-14-25-29(20-9-5-4-6-10-20)19(3)40-31(25)18(2)30(23)41-33(39)24(17)15-28(36)35-27(32(37)38)13-21-16-34-26-12-8-7-11-22(21)26/h4-12,14,16,27,34H,13,15H2,1-3H3,(H,35,36)(H,37,38). The molecule has 0 saturated heterocycles. The molecule has 206 valence electrons. The number of carboxylic acids is 1. The highest BCUT2D eigenvalue weighted by Crippen LogP contribution is 2.39. The fraction of sp³-hybridized carbons (Fsp3) is 0.182. The zero-order chi connectivity index (χ0) is 28.8. The summed E-state index contributed by atoms with van der Waals surface area (Å²) in [5.74, 6) is -0.985. The van der Waals surface area contributed by atoms with Gasteiger partial charge in [0.2, 0.25) is 5.91 Å². The first-order valence-electron chi connectivity index (χ1n) is 13.3. The molecule has 0 aliphatic heterocycles. The monoisotopic (exact) mass is 548 g/mol. The number of fused-ring (bicyclic) bond motifs is 3. The van der Waals surface area contributed by atoms with Crippen molar-refractivity contribution in [1.29, 1.82) is 0 Å². The predicted molar refractivity (Wildman–Crippen MR) is 157 cm³/mol. The average molecular weight is 549 g/mol. The summed E-state index contributed by atoms with van der Waals surface area (Å²) < 4.78 is 11.9. The van der Waals surface area contributed by atoms with E-state index in [9.17, 15) is 19.5 Å². The van der Waals surface area contributed by atoms with Gasteiger partial charge in [-0.3, -0.25) is 4.79 Å². The lowest BCUT2D eigenvalue weighted by molar-refractivity contribution is -0.141.